The quantitative estimate of drug-likeness (QED) is 0.917. The summed E-state index contributed by atoms with van der Waals surface area (Å²) in [7, 11) is 0. The summed E-state index contributed by atoms with van der Waals surface area (Å²) in [6.07, 6.45) is 2.04. The number of aromatic nitrogens is 1. The molecular formula is C13H11BrF2N2S. The van der Waals surface area contributed by atoms with Crippen LogP contribution in [0.5, 0.6) is 0 Å². The molecule has 0 aliphatic carbocycles. The Kier molecular flexibility index (Phi) is 4.90. The second kappa shape index (κ2) is 6.45. The summed E-state index contributed by atoms with van der Waals surface area (Å²) < 4.78 is 28.5. The van der Waals surface area contributed by atoms with Gasteiger partial charge in [-0.05, 0) is 58.7 Å². The van der Waals surface area contributed by atoms with Crippen LogP contribution in [-0.2, 0) is 6.42 Å². The fraction of sp³-hybridized carbons (Fsp3) is 0.154. The van der Waals surface area contributed by atoms with Crippen LogP contribution in [0, 0.1) is 11.6 Å². The van der Waals surface area contributed by atoms with E-state index in [4.69, 9.17) is 5.73 Å². The molecular weight excluding hydrogens is 334 g/mol. The fourth-order valence-corrected chi connectivity index (χ4v) is 2.55. The first-order valence-corrected chi connectivity index (χ1v) is 7.18. The van der Waals surface area contributed by atoms with Gasteiger partial charge in [0, 0.05) is 10.7 Å². The van der Waals surface area contributed by atoms with Gasteiger partial charge in [0.15, 0.2) is 0 Å². The van der Waals surface area contributed by atoms with E-state index < -0.39 is 11.6 Å². The van der Waals surface area contributed by atoms with Gasteiger partial charge in [0.2, 0.25) is 0 Å². The molecule has 1 heterocycles. The second-order valence-electron chi connectivity index (χ2n) is 3.84. The summed E-state index contributed by atoms with van der Waals surface area (Å²) in [6, 6.07) is 6.10. The maximum atomic E-state index is 13.9. The van der Waals surface area contributed by atoms with Gasteiger partial charge in [0.25, 0.3) is 0 Å². The van der Waals surface area contributed by atoms with Crippen molar-refractivity contribution in [1.82, 2.24) is 4.98 Å². The highest BCUT2D eigenvalue weighted by Crippen LogP contribution is 2.32. The van der Waals surface area contributed by atoms with E-state index in [1.54, 1.807) is 18.3 Å². The van der Waals surface area contributed by atoms with Crippen LogP contribution in [0.15, 0.2) is 44.9 Å². The van der Waals surface area contributed by atoms with Crippen molar-refractivity contribution in [3.05, 3.63) is 52.1 Å². The molecule has 2 aromatic rings. The van der Waals surface area contributed by atoms with Crippen LogP contribution in [0.4, 0.5) is 8.78 Å². The predicted molar refractivity (Wildman–Crippen MR) is 75.2 cm³/mol. The summed E-state index contributed by atoms with van der Waals surface area (Å²) in [5, 5.41) is 0.535. The maximum Gasteiger partial charge on any atom is 0.140 e. The lowest BCUT2D eigenvalue weighted by Gasteiger charge is -2.07. The first-order valence-electron chi connectivity index (χ1n) is 5.57. The number of nitrogens with two attached hydrogens (primary N) is 1. The van der Waals surface area contributed by atoms with Crippen LogP contribution >= 0.6 is 27.7 Å². The van der Waals surface area contributed by atoms with E-state index in [-0.39, 0.29) is 4.90 Å². The molecule has 0 saturated carbocycles. The fourth-order valence-electron chi connectivity index (χ4n) is 1.55. The number of nitrogens with zero attached hydrogens (tertiary/aromatic N) is 1. The third-order valence-corrected chi connectivity index (χ3v) is 3.91. The van der Waals surface area contributed by atoms with Gasteiger partial charge in [-0.15, -0.1) is 0 Å². The number of benzene rings is 1. The molecule has 0 atom stereocenters. The minimum absolute atomic E-state index is 0.0457. The predicted octanol–water partition coefficient (Wildman–Crippen LogP) is 3.77. The molecule has 1 aromatic carbocycles. The van der Waals surface area contributed by atoms with Gasteiger partial charge in [-0.2, -0.15) is 0 Å². The zero-order chi connectivity index (χ0) is 13.8. The Hall–Kier alpha value is -0.980. The average Bonchev–Trinajstić information content (AvgIpc) is 2.36. The highest BCUT2D eigenvalue weighted by molar-refractivity contribution is 9.10. The van der Waals surface area contributed by atoms with Gasteiger partial charge in [0.1, 0.15) is 16.7 Å². The minimum atomic E-state index is -0.585. The van der Waals surface area contributed by atoms with Crippen molar-refractivity contribution in [2.75, 3.05) is 6.54 Å². The van der Waals surface area contributed by atoms with Gasteiger partial charge < -0.3 is 5.73 Å². The van der Waals surface area contributed by atoms with Crippen molar-refractivity contribution in [2.24, 2.45) is 5.73 Å². The van der Waals surface area contributed by atoms with Crippen LogP contribution in [0.2, 0.25) is 0 Å². The second-order valence-corrected chi connectivity index (χ2v) is 5.79. The summed E-state index contributed by atoms with van der Waals surface area (Å²) >= 11 is 4.22. The van der Waals surface area contributed by atoms with E-state index in [2.05, 4.69) is 20.9 Å². The van der Waals surface area contributed by atoms with Gasteiger partial charge in [-0.3, -0.25) is 0 Å². The van der Waals surface area contributed by atoms with Gasteiger partial charge in [-0.25, -0.2) is 13.8 Å². The highest BCUT2D eigenvalue weighted by Gasteiger charge is 2.13. The van der Waals surface area contributed by atoms with Crippen molar-refractivity contribution in [3.63, 3.8) is 0 Å². The van der Waals surface area contributed by atoms with Crippen LogP contribution in [0.1, 0.15) is 5.56 Å². The third kappa shape index (κ3) is 3.75. The molecule has 1 aromatic heterocycles. The lowest BCUT2D eigenvalue weighted by atomic mass is 10.1. The lowest BCUT2D eigenvalue weighted by Crippen LogP contribution is -2.04. The largest absolute Gasteiger partial charge is 0.330 e. The van der Waals surface area contributed by atoms with Crippen LogP contribution in [0.25, 0.3) is 0 Å². The molecule has 0 saturated heterocycles. The van der Waals surface area contributed by atoms with Gasteiger partial charge in [-0.1, -0.05) is 11.8 Å². The Balaban J connectivity index is 2.27. The van der Waals surface area contributed by atoms with Gasteiger partial charge >= 0.3 is 0 Å². The van der Waals surface area contributed by atoms with Crippen LogP contribution < -0.4 is 5.73 Å². The number of pyridine rings is 1. The first-order chi connectivity index (χ1) is 9.10. The van der Waals surface area contributed by atoms with E-state index in [0.717, 1.165) is 16.2 Å². The molecule has 0 spiro atoms. The Bertz CT molecular complexity index is 552. The van der Waals surface area contributed by atoms with Crippen molar-refractivity contribution < 1.29 is 8.78 Å². The summed E-state index contributed by atoms with van der Waals surface area (Å²) in [6.45, 7) is 0.361. The molecule has 2 rings (SSSR count). The summed E-state index contributed by atoms with van der Waals surface area (Å²) in [5.41, 5.74) is 5.93. The smallest absolute Gasteiger partial charge is 0.140 e. The summed E-state index contributed by atoms with van der Waals surface area (Å²) in [4.78, 5) is 4.03. The molecule has 0 aliphatic rings. The SMILES string of the molecule is NCCc1cc(F)c(Sc2ccc(Br)cn2)c(F)c1. The minimum Gasteiger partial charge on any atom is -0.330 e. The number of hydrogen-bond donors (Lipinski definition) is 1. The molecule has 0 unspecified atom stereocenters. The summed E-state index contributed by atoms with van der Waals surface area (Å²) in [5.74, 6) is -1.17. The normalized spacial score (nSPS) is 10.7. The Morgan fingerprint density at radius 1 is 1.21 bits per heavy atom. The van der Waals surface area contributed by atoms with Crippen molar-refractivity contribution in [1.29, 1.82) is 0 Å². The molecule has 0 radical (unpaired) electrons. The van der Waals surface area contributed by atoms with Crippen LogP contribution in [0.3, 0.4) is 0 Å². The van der Waals surface area contributed by atoms with Crippen molar-refractivity contribution in [3.8, 4) is 0 Å². The molecule has 0 amide bonds. The highest BCUT2D eigenvalue weighted by atomic mass is 79.9. The molecule has 2 N–H and O–H groups in total. The van der Waals surface area contributed by atoms with E-state index >= 15 is 0 Å². The van der Waals surface area contributed by atoms with Crippen molar-refractivity contribution >= 4 is 27.7 Å². The standard InChI is InChI=1S/C13H11BrF2N2S/c14-9-1-2-12(18-7-9)19-13-10(15)5-8(3-4-17)6-11(13)16/h1-2,5-7H,3-4,17H2. The number of rotatable bonds is 4. The van der Waals surface area contributed by atoms with Crippen molar-refractivity contribution in [2.45, 2.75) is 16.3 Å². The van der Waals surface area contributed by atoms with Gasteiger partial charge in [0.05, 0.1) is 4.90 Å². The topological polar surface area (TPSA) is 38.9 Å². The zero-order valence-corrected chi connectivity index (χ0v) is 12.3. The van der Waals surface area contributed by atoms with E-state index in [1.165, 1.54) is 12.1 Å². The Morgan fingerprint density at radius 2 is 1.89 bits per heavy atom. The molecule has 6 heteroatoms. The molecule has 0 aliphatic heterocycles. The Morgan fingerprint density at radius 3 is 2.42 bits per heavy atom. The molecule has 0 bridgehead atoms. The molecule has 2 nitrogen and oxygen atoms in total. The first kappa shape index (κ1) is 14.4. The van der Waals surface area contributed by atoms with E-state index in [0.29, 0.717) is 23.6 Å². The van der Waals surface area contributed by atoms with E-state index in [9.17, 15) is 8.78 Å². The monoisotopic (exact) mass is 344 g/mol. The molecule has 100 valence electrons. The average molecular weight is 345 g/mol. The third-order valence-electron chi connectivity index (χ3n) is 2.40. The number of halogens is 3. The van der Waals surface area contributed by atoms with E-state index in [1.807, 2.05) is 0 Å². The zero-order valence-electron chi connectivity index (χ0n) is 9.87. The maximum absolute atomic E-state index is 13.9. The molecule has 19 heavy (non-hydrogen) atoms. The Labute approximate surface area is 122 Å². The van der Waals surface area contributed by atoms with Crippen LogP contribution in [-0.4, -0.2) is 11.5 Å². The molecule has 0 fully saturated rings. The lowest BCUT2D eigenvalue weighted by molar-refractivity contribution is 0.537. The number of hydrogen-bond acceptors (Lipinski definition) is 3.